The number of anilines is 2. The van der Waals surface area contributed by atoms with E-state index in [9.17, 15) is 24.0 Å². The van der Waals surface area contributed by atoms with Gasteiger partial charge in [-0.15, -0.1) is 0 Å². The van der Waals surface area contributed by atoms with Crippen molar-refractivity contribution in [3.8, 4) is 0 Å². The molecule has 0 saturated carbocycles. The molecular weight excluding hydrogens is 466 g/mol. The number of ether oxygens (including phenoxy) is 1. The number of carbonyl (C=O) groups excluding carboxylic acids is 3. The van der Waals surface area contributed by atoms with E-state index in [4.69, 9.17) is 10.5 Å². The molecule has 0 bridgehead atoms. The van der Waals surface area contributed by atoms with Crippen LogP contribution in [0.2, 0.25) is 0 Å². The van der Waals surface area contributed by atoms with Gasteiger partial charge in [0.1, 0.15) is 5.82 Å². The van der Waals surface area contributed by atoms with Crippen LogP contribution < -0.4 is 21.9 Å². The second-order valence-corrected chi connectivity index (χ2v) is 9.15. The number of nitrogens with two attached hydrogens (primary N) is 1. The zero-order valence-electron chi connectivity index (χ0n) is 21.1. The summed E-state index contributed by atoms with van der Waals surface area (Å²) in [6, 6.07) is 4.25. The van der Waals surface area contributed by atoms with Gasteiger partial charge in [-0.25, -0.2) is 4.79 Å². The first-order valence-corrected chi connectivity index (χ1v) is 12.1. The molecule has 0 radical (unpaired) electrons. The third kappa shape index (κ3) is 5.25. The number of unbranched alkanes of at least 4 members (excludes halogenated alkanes) is 1. The largest absolute Gasteiger partial charge is 0.383 e. The van der Waals surface area contributed by atoms with E-state index in [-0.39, 0.29) is 47.9 Å². The van der Waals surface area contributed by atoms with Gasteiger partial charge in [-0.2, -0.15) is 0 Å². The van der Waals surface area contributed by atoms with Gasteiger partial charge in [0.05, 0.1) is 17.7 Å². The summed E-state index contributed by atoms with van der Waals surface area (Å²) in [4.78, 5) is 69.0. The number of methoxy groups -OCH3 is 1. The first-order chi connectivity index (χ1) is 17.1. The van der Waals surface area contributed by atoms with Crippen molar-refractivity contribution in [2.24, 2.45) is 5.92 Å². The number of hydrogen-bond acceptors (Lipinski definition) is 7. The van der Waals surface area contributed by atoms with Crippen LogP contribution in [0.25, 0.3) is 0 Å². The van der Waals surface area contributed by atoms with Crippen molar-refractivity contribution in [3.05, 3.63) is 55.7 Å². The molecule has 36 heavy (non-hydrogen) atoms. The third-order valence-corrected chi connectivity index (χ3v) is 6.13. The average molecular weight is 500 g/mol. The maximum absolute atomic E-state index is 13.6. The van der Waals surface area contributed by atoms with Crippen molar-refractivity contribution in [1.29, 1.82) is 0 Å². The van der Waals surface area contributed by atoms with Crippen LogP contribution >= 0.6 is 0 Å². The minimum absolute atomic E-state index is 0.0287. The van der Waals surface area contributed by atoms with E-state index in [1.165, 1.54) is 34.8 Å². The summed E-state index contributed by atoms with van der Waals surface area (Å²) in [7, 11) is 1.45. The molecule has 1 aliphatic heterocycles. The maximum atomic E-state index is 13.6. The zero-order valence-corrected chi connectivity index (χ0v) is 21.1. The molecule has 0 unspecified atom stereocenters. The lowest BCUT2D eigenvalue weighted by Gasteiger charge is -2.24. The van der Waals surface area contributed by atoms with Crippen LogP contribution in [0.1, 0.15) is 71.1 Å². The number of H-pyrrole nitrogens is 1. The molecule has 2 aromatic rings. The van der Waals surface area contributed by atoms with Gasteiger partial charge in [-0.3, -0.25) is 38.5 Å². The third-order valence-electron chi connectivity index (χ3n) is 6.13. The number of imide groups is 1. The van der Waals surface area contributed by atoms with Crippen molar-refractivity contribution in [3.63, 3.8) is 0 Å². The average Bonchev–Trinajstić information content (AvgIpc) is 3.07. The number of fused-ring (bicyclic) bond motifs is 1. The predicted octanol–water partition coefficient (Wildman–Crippen LogP) is 1.85. The molecule has 1 aromatic carbocycles. The lowest BCUT2D eigenvalue weighted by Crippen LogP contribution is -2.42. The predicted molar refractivity (Wildman–Crippen MR) is 135 cm³/mol. The van der Waals surface area contributed by atoms with Gasteiger partial charge in [-0.05, 0) is 37.0 Å². The van der Waals surface area contributed by atoms with E-state index in [2.05, 4.69) is 4.98 Å². The highest BCUT2D eigenvalue weighted by molar-refractivity contribution is 6.22. The Morgan fingerprint density at radius 3 is 2.44 bits per heavy atom. The van der Waals surface area contributed by atoms with Crippen LogP contribution in [0.15, 0.2) is 27.8 Å². The summed E-state index contributed by atoms with van der Waals surface area (Å²) in [6.07, 6.45) is 2.11. The second kappa shape index (κ2) is 11.3. The SMILES string of the molecule is CCCCn1c(N)c(N(CCOC)C(=O)c2ccc3c(c2)C(=O)N(CCC(C)C)C3=O)c(=O)[nH]c1=O. The molecule has 194 valence electrons. The highest BCUT2D eigenvalue weighted by Gasteiger charge is 2.36. The van der Waals surface area contributed by atoms with Crippen LogP contribution in [0, 0.1) is 5.92 Å². The summed E-state index contributed by atoms with van der Waals surface area (Å²) in [5.41, 5.74) is 5.06. The molecule has 0 saturated heterocycles. The minimum atomic E-state index is -0.804. The summed E-state index contributed by atoms with van der Waals surface area (Å²) in [5.74, 6) is -1.29. The number of aromatic amines is 1. The topological polar surface area (TPSA) is 148 Å². The normalized spacial score (nSPS) is 13.0. The van der Waals surface area contributed by atoms with E-state index in [0.29, 0.717) is 25.3 Å². The van der Waals surface area contributed by atoms with Gasteiger partial charge in [0.2, 0.25) is 0 Å². The van der Waals surface area contributed by atoms with E-state index in [1.807, 2.05) is 20.8 Å². The van der Waals surface area contributed by atoms with Crippen LogP contribution in [0.3, 0.4) is 0 Å². The van der Waals surface area contributed by atoms with Crippen molar-refractivity contribution in [1.82, 2.24) is 14.5 Å². The van der Waals surface area contributed by atoms with Crippen LogP contribution in [0.5, 0.6) is 0 Å². The molecule has 0 atom stereocenters. The maximum Gasteiger partial charge on any atom is 0.330 e. The molecule has 2 heterocycles. The van der Waals surface area contributed by atoms with Gasteiger partial charge in [-0.1, -0.05) is 27.2 Å². The molecular formula is C25H33N5O6. The van der Waals surface area contributed by atoms with E-state index < -0.39 is 29.0 Å². The molecule has 3 N–H and O–H groups in total. The van der Waals surface area contributed by atoms with Gasteiger partial charge in [0.15, 0.2) is 5.69 Å². The van der Waals surface area contributed by atoms with Crippen LogP contribution in [-0.2, 0) is 11.3 Å². The number of carbonyl (C=O) groups is 3. The molecule has 11 nitrogen and oxygen atoms in total. The highest BCUT2D eigenvalue weighted by Crippen LogP contribution is 2.27. The number of hydrogen-bond donors (Lipinski definition) is 2. The number of benzene rings is 1. The number of aromatic nitrogens is 2. The van der Waals surface area contributed by atoms with Crippen LogP contribution in [0.4, 0.5) is 11.5 Å². The van der Waals surface area contributed by atoms with Crippen molar-refractivity contribution < 1.29 is 19.1 Å². The van der Waals surface area contributed by atoms with E-state index in [1.54, 1.807) is 0 Å². The Kier molecular flexibility index (Phi) is 8.46. The smallest absolute Gasteiger partial charge is 0.330 e. The van der Waals surface area contributed by atoms with Gasteiger partial charge in [0, 0.05) is 32.3 Å². The molecule has 1 aromatic heterocycles. The first kappa shape index (κ1) is 26.9. The number of rotatable bonds is 11. The quantitative estimate of drug-likeness (QED) is 0.448. The first-order valence-electron chi connectivity index (χ1n) is 12.1. The lowest BCUT2D eigenvalue weighted by molar-refractivity contribution is 0.0647. The number of nitrogen functional groups attached to an aromatic ring is 1. The highest BCUT2D eigenvalue weighted by atomic mass is 16.5. The Labute approximate surface area is 208 Å². The molecule has 1 aliphatic rings. The number of nitrogens with zero attached hydrogens (tertiary/aromatic N) is 3. The van der Waals surface area contributed by atoms with E-state index in [0.717, 1.165) is 11.3 Å². The Hall–Kier alpha value is -3.73. The summed E-state index contributed by atoms with van der Waals surface area (Å²) in [5, 5.41) is 0. The lowest BCUT2D eigenvalue weighted by atomic mass is 10.0. The fourth-order valence-corrected chi connectivity index (χ4v) is 4.04. The van der Waals surface area contributed by atoms with Gasteiger partial charge in [0.25, 0.3) is 23.3 Å². The molecule has 11 heteroatoms. The summed E-state index contributed by atoms with van der Waals surface area (Å²) in [6.45, 7) is 6.58. The minimum Gasteiger partial charge on any atom is -0.383 e. The van der Waals surface area contributed by atoms with Gasteiger partial charge >= 0.3 is 5.69 Å². The Morgan fingerprint density at radius 2 is 1.81 bits per heavy atom. The summed E-state index contributed by atoms with van der Waals surface area (Å²) < 4.78 is 6.35. The zero-order chi connectivity index (χ0) is 26.6. The number of amides is 3. The fraction of sp³-hybridized carbons (Fsp3) is 0.480. The summed E-state index contributed by atoms with van der Waals surface area (Å²) >= 11 is 0. The molecule has 3 amide bonds. The standard InChI is InChI=1S/C25H33N5O6/c1-5-6-10-29-20(26)19(21(31)27-25(29)35)28(12-13-36-4)22(32)16-7-8-17-18(14-16)24(34)30(23(17)33)11-9-15(2)3/h7-8,14-15H,5-6,9-13,26H2,1-4H3,(H,27,31,35). The molecule has 0 aliphatic carbocycles. The Bertz CT molecular complexity index is 1280. The van der Waals surface area contributed by atoms with Crippen molar-refractivity contribution >= 4 is 29.2 Å². The van der Waals surface area contributed by atoms with Crippen molar-refractivity contribution in [2.45, 2.75) is 46.6 Å². The second-order valence-electron chi connectivity index (χ2n) is 9.15. The molecule has 3 rings (SSSR count). The Balaban J connectivity index is 2.03. The fourth-order valence-electron chi connectivity index (χ4n) is 4.04. The molecule has 0 spiro atoms. The number of nitrogens with one attached hydrogen (secondary N) is 1. The molecule has 0 fully saturated rings. The van der Waals surface area contributed by atoms with Crippen LogP contribution in [-0.4, -0.2) is 59.0 Å². The van der Waals surface area contributed by atoms with Gasteiger partial charge < -0.3 is 10.5 Å². The Morgan fingerprint density at radius 1 is 1.11 bits per heavy atom. The van der Waals surface area contributed by atoms with Crippen molar-refractivity contribution in [2.75, 3.05) is 37.4 Å². The monoisotopic (exact) mass is 499 g/mol. The van der Waals surface area contributed by atoms with E-state index >= 15 is 0 Å².